The van der Waals surface area contributed by atoms with E-state index in [2.05, 4.69) is 22.2 Å². The molecule has 0 aliphatic carbocycles. The average molecular weight is 332 g/mol. The van der Waals surface area contributed by atoms with Crippen molar-refractivity contribution in [2.75, 3.05) is 0 Å². The molecule has 0 saturated carbocycles. The number of carbonyl (C=O) groups excluding carboxylic acids is 1. The molecule has 6 nitrogen and oxygen atoms in total. The Morgan fingerprint density at radius 3 is 2.76 bits per heavy atom. The minimum Gasteiger partial charge on any atom is -0.360 e. The van der Waals surface area contributed by atoms with Crippen LogP contribution in [0, 0.1) is 0 Å². The summed E-state index contributed by atoms with van der Waals surface area (Å²) in [5.41, 5.74) is 2.89. The minimum atomic E-state index is -0.312. The zero-order valence-electron chi connectivity index (χ0n) is 13.7. The van der Waals surface area contributed by atoms with Crippen molar-refractivity contribution in [2.24, 2.45) is 0 Å². The van der Waals surface area contributed by atoms with Gasteiger partial charge in [0.2, 0.25) is 0 Å². The molecule has 0 amide bonds. The van der Waals surface area contributed by atoms with Crippen molar-refractivity contribution in [3.8, 4) is 0 Å². The number of aromatic amines is 1. The number of rotatable bonds is 4. The smallest absolute Gasteiger partial charge is 0.278 e. The molecule has 6 heteroatoms. The maximum Gasteiger partial charge on any atom is 0.278 e. The van der Waals surface area contributed by atoms with Crippen LogP contribution in [0.15, 0.2) is 53.5 Å². The zero-order valence-corrected chi connectivity index (χ0v) is 13.7. The summed E-state index contributed by atoms with van der Waals surface area (Å²) in [5, 5.41) is 9.24. The molecule has 25 heavy (non-hydrogen) atoms. The van der Waals surface area contributed by atoms with Crippen LogP contribution in [0.1, 0.15) is 22.8 Å². The Bertz CT molecular complexity index is 1160. The monoisotopic (exact) mass is 332 g/mol. The molecule has 0 radical (unpaired) electrons. The molecule has 0 aliphatic heterocycles. The Labute approximate surface area is 143 Å². The Hall–Kier alpha value is -3.28. The van der Waals surface area contributed by atoms with Crippen molar-refractivity contribution in [3.05, 3.63) is 70.1 Å². The van der Waals surface area contributed by atoms with Crippen molar-refractivity contribution < 1.29 is 4.79 Å². The predicted octanol–water partition coefficient (Wildman–Crippen LogP) is 2.72. The van der Waals surface area contributed by atoms with Gasteiger partial charge >= 0.3 is 0 Å². The van der Waals surface area contributed by atoms with Gasteiger partial charge in [-0.05, 0) is 24.1 Å². The van der Waals surface area contributed by atoms with E-state index < -0.39 is 0 Å². The van der Waals surface area contributed by atoms with Gasteiger partial charge in [-0.3, -0.25) is 9.59 Å². The minimum absolute atomic E-state index is 0.139. The van der Waals surface area contributed by atoms with Gasteiger partial charge in [0.1, 0.15) is 12.1 Å². The molecule has 0 fully saturated rings. The maximum absolute atomic E-state index is 12.7. The molecule has 124 valence electrons. The quantitative estimate of drug-likeness (QED) is 0.583. The SMILES string of the molecule is CCc1cccc2c(C(=O)Cn3nnc4ccccc4c3=O)c[nH]c12. The summed E-state index contributed by atoms with van der Waals surface area (Å²) in [5.74, 6) is -0.175. The van der Waals surface area contributed by atoms with E-state index in [9.17, 15) is 9.59 Å². The molecule has 2 aromatic carbocycles. The van der Waals surface area contributed by atoms with Crippen LogP contribution in [-0.4, -0.2) is 25.8 Å². The second-order valence-corrected chi connectivity index (χ2v) is 5.89. The summed E-state index contributed by atoms with van der Waals surface area (Å²) in [6, 6.07) is 12.9. The fourth-order valence-electron chi connectivity index (χ4n) is 3.09. The molecule has 0 saturated heterocycles. The van der Waals surface area contributed by atoms with E-state index in [1.807, 2.05) is 18.2 Å². The number of ketones is 1. The van der Waals surface area contributed by atoms with Gasteiger partial charge in [0.15, 0.2) is 5.78 Å². The molecule has 0 spiro atoms. The van der Waals surface area contributed by atoms with E-state index in [4.69, 9.17) is 0 Å². The molecule has 4 rings (SSSR count). The van der Waals surface area contributed by atoms with E-state index in [0.717, 1.165) is 27.6 Å². The van der Waals surface area contributed by atoms with Gasteiger partial charge in [-0.1, -0.05) is 42.5 Å². The second-order valence-electron chi connectivity index (χ2n) is 5.89. The highest BCUT2D eigenvalue weighted by molar-refractivity contribution is 6.08. The van der Waals surface area contributed by atoms with Gasteiger partial charge in [0, 0.05) is 22.7 Å². The average Bonchev–Trinajstić information content (AvgIpc) is 3.08. The Kier molecular flexibility index (Phi) is 3.65. The second kappa shape index (κ2) is 5.98. The lowest BCUT2D eigenvalue weighted by atomic mass is 10.0. The van der Waals surface area contributed by atoms with E-state index in [1.165, 1.54) is 0 Å². The summed E-state index contributed by atoms with van der Waals surface area (Å²) in [7, 11) is 0. The molecule has 0 unspecified atom stereocenters. The predicted molar refractivity (Wildman–Crippen MR) is 95.8 cm³/mol. The number of hydrogen-bond acceptors (Lipinski definition) is 4. The van der Waals surface area contributed by atoms with Gasteiger partial charge in [0.25, 0.3) is 5.56 Å². The number of carbonyl (C=O) groups is 1. The van der Waals surface area contributed by atoms with Crippen LogP contribution < -0.4 is 5.56 Å². The third kappa shape index (κ3) is 2.52. The third-order valence-corrected chi connectivity index (χ3v) is 4.41. The first kappa shape index (κ1) is 15.3. The lowest BCUT2D eigenvalue weighted by molar-refractivity contribution is 0.0966. The molecule has 0 atom stereocenters. The van der Waals surface area contributed by atoms with Crippen LogP contribution >= 0.6 is 0 Å². The molecular formula is C19H16N4O2. The topological polar surface area (TPSA) is 80.6 Å². The lowest BCUT2D eigenvalue weighted by Gasteiger charge is -2.04. The zero-order chi connectivity index (χ0) is 17.4. The van der Waals surface area contributed by atoms with E-state index in [-0.39, 0.29) is 17.9 Å². The van der Waals surface area contributed by atoms with E-state index >= 15 is 0 Å². The first-order valence-corrected chi connectivity index (χ1v) is 8.13. The first-order chi connectivity index (χ1) is 12.2. The van der Waals surface area contributed by atoms with Gasteiger partial charge in [-0.25, -0.2) is 4.68 Å². The fraction of sp³-hybridized carbons (Fsp3) is 0.158. The number of benzene rings is 2. The number of aromatic nitrogens is 4. The summed E-state index contributed by atoms with van der Waals surface area (Å²) in [6.07, 6.45) is 2.58. The van der Waals surface area contributed by atoms with Crippen LogP contribution in [0.25, 0.3) is 21.8 Å². The Morgan fingerprint density at radius 2 is 1.92 bits per heavy atom. The van der Waals surface area contributed by atoms with Crippen molar-refractivity contribution in [1.29, 1.82) is 0 Å². The molecule has 0 bridgehead atoms. The van der Waals surface area contributed by atoms with Crippen LogP contribution in [0.4, 0.5) is 0 Å². The molecule has 4 aromatic rings. The Morgan fingerprint density at radius 1 is 1.12 bits per heavy atom. The highest BCUT2D eigenvalue weighted by Crippen LogP contribution is 2.22. The molecule has 2 heterocycles. The maximum atomic E-state index is 12.7. The van der Waals surface area contributed by atoms with Crippen molar-refractivity contribution in [2.45, 2.75) is 19.9 Å². The molecule has 1 N–H and O–H groups in total. The van der Waals surface area contributed by atoms with Crippen molar-refractivity contribution >= 4 is 27.6 Å². The van der Waals surface area contributed by atoms with Gasteiger partial charge in [-0.2, -0.15) is 0 Å². The summed E-state index contributed by atoms with van der Waals surface area (Å²) in [4.78, 5) is 28.4. The normalized spacial score (nSPS) is 11.2. The first-order valence-electron chi connectivity index (χ1n) is 8.13. The number of Topliss-reactive ketones (excluding diaryl/α,β-unsaturated/α-hetero) is 1. The van der Waals surface area contributed by atoms with Crippen LogP contribution in [0.3, 0.4) is 0 Å². The van der Waals surface area contributed by atoms with E-state index in [1.54, 1.807) is 30.5 Å². The molecule has 2 aromatic heterocycles. The molecule has 0 aliphatic rings. The van der Waals surface area contributed by atoms with Gasteiger partial charge in [0.05, 0.1) is 5.39 Å². The van der Waals surface area contributed by atoms with Crippen molar-refractivity contribution in [1.82, 2.24) is 20.0 Å². The number of H-pyrrole nitrogens is 1. The number of fused-ring (bicyclic) bond motifs is 2. The largest absolute Gasteiger partial charge is 0.360 e. The fourth-order valence-corrected chi connectivity index (χ4v) is 3.09. The van der Waals surface area contributed by atoms with E-state index in [0.29, 0.717) is 16.5 Å². The summed E-state index contributed by atoms with van der Waals surface area (Å²) < 4.78 is 1.12. The lowest BCUT2D eigenvalue weighted by Crippen LogP contribution is -2.27. The van der Waals surface area contributed by atoms with Crippen LogP contribution in [0.2, 0.25) is 0 Å². The number of nitrogens with one attached hydrogen (secondary N) is 1. The van der Waals surface area contributed by atoms with Crippen molar-refractivity contribution in [3.63, 3.8) is 0 Å². The van der Waals surface area contributed by atoms with Crippen LogP contribution in [0.5, 0.6) is 0 Å². The van der Waals surface area contributed by atoms with Gasteiger partial charge in [-0.15, -0.1) is 5.10 Å². The summed E-state index contributed by atoms with van der Waals surface area (Å²) in [6.45, 7) is 1.93. The molecular weight excluding hydrogens is 316 g/mol. The highest BCUT2D eigenvalue weighted by Gasteiger charge is 2.16. The standard InChI is InChI=1S/C19H16N4O2/c1-2-12-6-5-8-13-15(10-20-18(12)13)17(24)11-23-19(25)14-7-3-4-9-16(14)21-22-23/h3-10,20H,2,11H2,1H3. The highest BCUT2D eigenvalue weighted by atomic mass is 16.1. The number of nitrogens with zero attached hydrogens (tertiary/aromatic N) is 3. The summed E-state index contributed by atoms with van der Waals surface area (Å²) >= 11 is 0. The van der Waals surface area contributed by atoms with Crippen LogP contribution in [-0.2, 0) is 13.0 Å². The third-order valence-electron chi connectivity index (χ3n) is 4.41. The Balaban J connectivity index is 1.74. The van der Waals surface area contributed by atoms with Gasteiger partial charge < -0.3 is 4.98 Å². The number of aryl methyl sites for hydroxylation is 1. The number of hydrogen-bond donors (Lipinski definition) is 1. The number of para-hydroxylation sites is 1.